The third-order valence-corrected chi connectivity index (χ3v) is 0.521. The number of aliphatic hydroxyl groups is 1. The van der Waals surface area contributed by atoms with Gasteiger partial charge in [0.25, 0.3) is 0 Å². The molecule has 0 saturated carbocycles. The molecule has 0 aliphatic heterocycles. The summed E-state index contributed by atoms with van der Waals surface area (Å²) in [5, 5.41) is 8.84. The van der Waals surface area contributed by atoms with Gasteiger partial charge in [-0.1, -0.05) is 5.92 Å². The molecule has 0 bridgehead atoms. The van der Waals surface area contributed by atoms with Gasteiger partial charge in [-0.05, 0) is 20.3 Å². The van der Waals surface area contributed by atoms with E-state index in [9.17, 15) is 0 Å². The molecular weight excluding hydrogens is 88.1 g/mol. The highest BCUT2D eigenvalue weighted by Gasteiger charge is 2.08. The quantitative estimate of drug-likeness (QED) is 0.478. The Labute approximate surface area is 44.4 Å². The van der Waals surface area contributed by atoms with Gasteiger partial charge in [0.05, 0.1) is 5.60 Å². The van der Waals surface area contributed by atoms with Gasteiger partial charge in [-0.3, -0.25) is 0 Å². The molecule has 0 aromatic carbocycles. The predicted octanol–water partition coefficient (Wildman–Crippen LogP) is 0.737. The molecule has 0 aromatic rings. The fourth-order valence-electron chi connectivity index (χ4n) is 0.216. The Balaban J connectivity index is 3.40. The summed E-state index contributed by atoms with van der Waals surface area (Å²) in [6.45, 7) is 3.29. The van der Waals surface area contributed by atoms with E-state index in [1.165, 1.54) is 0 Å². The summed E-state index contributed by atoms with van der Waals surface area (Å²) in [4.78, 5) is 0. The van der Waals surface area contributed by atoms with Gasteiger partial charge in [-0.25, -0.2) is 0 Å². The molecule has 0 heterocycles. The van der Waals surface area contributed by atoms with Crippen molar-refractivity contribution in [1.29, 1.82) is 0 Å². The smallest absolute Gasteiger partial charge is 0.0700 e. The highest BCUT2D eigenvalue weighted by molar-refractivity contribution is 4.84. The van der Waals surface area contributed by atoms with Crippen molar-refractivity contribution in [1.82, 2.24) is 0 Å². The van der Waals surface area contributed by atoms with Gasteiger partial charge in [-0.2, -0.15) is 0 Å². The number of hydrogen-bond donors (Lipinski definition) is 1. The topological polar surface area (TPSA) is 20.2 Å². The minimum absolute atomic E-state index is 0.312. The SMILES string of the molecule is [C]#CCC(C)(C)O. The summed E-state index contributed by atoms with van der Waals surface area (Å²) < 4.78 is 0. The fourth-order valence-corrected chi connectivity index (χ4v) is 0.216. The minimum atomic E-state index is -0.748. The molecule has 1 nitrogen and oxygen atoms in total. The van der Waals surface area contributed by atoms with Crippen LogP contribution in [0.25, 0.3) is 0 Å². The van der Waals surface area contributed by atoms with Crippen LogP contribution in [0, 0.1) is 12.3 Å². The molecule has 0 saturated heterocycles. The van der Waals surface area contributed by atoms with E-state index in [-0.39, 0.29) is 0 Å². The van der Waals surface area contributed by atoms with Crippen LogP contribution in [0.1, 0.15) is 20.3 Å². The minimum Gasteiger partial charge on any atom is -0.389 e. The molecule has 1 N–H and O–H groups in total. The summed E-state index contributed by atoms with van der Waals surface area (Å²) in [7, 11) is 0. The van der Waals surface area contributed by atoms with Gasteiger partial charge in [0, 0.05) is 6.42 Å². The summed E-state index contributed by atoms with van der Waals surface area (Å²) in [6, 6.07) is 0. The third-order valence-electron chi connectivity index (χ3n) is 0.521. The predicted molar refractivity (Wildman–Crippen MR) is 28.0 cm³/mol. The van der Waals surface area contributed by atoms with Crippen LogP contribution in [-0.4, -0.2) is 10.7 Å². The molecular formula is C6H9O. The second-order valence-corrected chi connectivity index (χ2v) is 2.17. The second kappa shape index (κ2) is 1.99. The van der Waals surface area contributed by atoms with Gasteiger partial charge in [0.1, 0.15) is 0 Å². The molecule has 0 atom stereocenters. The Kier molecular flexibility index (Phi) is 1.86. The zero-order chi connectivity index (χ0) is 5.91. The van der Waals surface area contributed by atoms with E-state index in [0.29, 0.717) is 6.42 Å². The first-order valence-corrected chi connectivity index (χ1v) is 2.18. The van der Waals surface area contributed by atoms with Crippen molar-refractivity contribution in [2.75, 3.05) is 0 Å². The highest BCUT2D eigenvalue weighted by Crippen LogP contribution is 2.03. The van der Waals surface area contributed by atoms with Crippen LogP contribution >= 0.6 is 0 Å². The molecule has 1 heteroatoms. The van der Waals surface area contributed by atoms with Crippen LogP contribution < -0.4 is 0 Å². The van der Waals surface area contributed by atoms with Crippen LogP contribution in [0.4, 0.5) is 0 Å². The lowest BCUT2D eigenvalue weighted by atomic mass is 10.1. The van der Waals surface area contributed by atoms with Crippen molar-refractivity contribution >= 4 is 0 Å². The van der Waals surface area contributed by atoms with Gasteiger partial charge in [-0.15, -0.1) is 0 Å². The van der Waals surface area contributed by atoms with Crippen LogP contribution in [0.15, 0.2) is 0 Å². The van der Waals surface area contributed by atoms with E-state index in [0.717, 1.165) is 0 Å². The molecule has 0 spiro atoms. The standard InChI is InChI=1S/C6H9O/c1-4-5-6(2,3)7/h7H,5H2,2-3H3. The van der Waals surface area contributed by atoms with Crippen molar-refractivity contribution in [2.24, 2.45) is 0 Å². The normalized spacial score (nSPS) is 10.6. The monoisotopic (exact) mass is 97.1 g/mol. The van der Waals surface area contributed by atoms with E-state index < -0.39 is 5.60 Å². The largest absolute Gasteiger partial charge is 0.389 e. The first-order chi connectivity index (χ1) is 3.06. The summed E-state index contributed by atoms with van der Waals surface area (Å²) >= 11 is 0. The van der Waals surface area contributed by atoms with Crippen molar-refractivity contribution in [2.45, 2.75) is 25.9 Å². The maximum atomic E-state index is 8.84. The van der Waals surface area contributed by atoms with Crippen LogP contribution in [-0.2, 0) is 0 Å². The van der Waals surface area contributed by atoms with E-state index in [1.54, 1.807) is 13.8 Å². The Bertz CT molecular complexity index is 81.3. The maximum Gasteiger partial charge on any atom is 0.0700 e. The van der Waals surface area contributed by atoms with Crippen molar-refractivity contribution in [3.63, 3.8) is 0 Å². The Morgan fingerprint density at radius 1 is 1.71 bits per heavy atom. The van der Waals surface area contributed by atoms with Gasteiger partial charge in [0.15, 0.2) is 0 Å². The molecule has 0 aromatic heterocycles. The Morgan fingerprint density at radius 3 is 2.14 bits per heavy atom. The van der Waals surface area contributed by atoms with Gasteiger partial charge < -0.3 is 5.11 Å². The van der Waals surface area contributed by atoms with Crippen molar-refractivity contribution < 1.29 is 5.11 Å². The molecule has 0 amide bonds. The summed E-state index contributed by atoms with van der Waals surface area (Å²) in [5.74, 6) is 2.11. The highest BCUT2D eigenvalue weighted by atomic mass is 16.3. The zero-order valence-electron chi connectivity index (χ0n) is 4.65. The second-order valence-electron chi connectivity index (χ2n) is 2.17. The first kappa shape index (κ1) is 6.52. The molecule has 0 rings (SSSR count). The van der Waals surface area contributed by atoms with Crippen molar-refractivity contribution in [3.05, 3.63) is 6.42 Å². The number of hydrogen-bond acceptors (Lipinski definition) is 1. The molecule has 0 aliphatic carbocycles. The van der Waals surface area contributed by atoms with Gasteiger partial charge in [0.2, 0.25) is 0 Å². The molecule has 0 aliphatic rings. The zero-order valence-corrected chi connectivity index (χ0v) is 4.65. The van der Waals surface area contributed by atoms with E-state index in [4.69, 9.17) is 11.5 Å². The van der Waals surface area contributed by atoms with E-state index in [2.05, 4.69) is 5.92 Å². The van der Waals surface area contributed by atoms with E-state index >= 15 is 0 Å². The number of rotatable bonds is 1. The molecule has 0 fully saturated rings. The summed E-state index contributed by atoms with van der Waals surface area (Å²) in [6.07, 6.45) is 6.76. The van der Waals surface area contributed by atoms with Crippen LogP contribution in [0.3, 0.4) is 0 Å². The van der Waals surface area contributed by atoms with Crippen molar-refractivity contribution in [3.8, 4) is 5.92 Å². The lowest BCUT2D eigenvalue weighted by molar-refractivity contribution is 0.0862. The molecule has 1 radical (unpaired) electrons. The average Bonchev–Trinajstić information content (AvgIpc) is 1.30. The Morgan fingerprint density at radius 2 is 2.14 bits per heavy atom. The lowest BCUT2D eigenvalue weighted by Crippen LogP contribution is -2.16. The molecule has 7 heavy (non-hydrogen) atoms. The van der Waals surface area contributed by atoms with Crippen LogP contribution in [0.2, 0.25) is 0 Å². The fraction of sp³-hybridized carbons (Fsp3) is 0.667. The maximum absolute atomic E-state index is 8.84. The van der Waals surface area contributed by atoms with Gasteiger partial charge >= 0.3 is 0 Å². The summed E-state index contributed by atoms with van der Waals surface area (Å²) in [5.41, 5.74) is -0.748. The first-order valence-electron chi connectivity index (χ1n) is 2.18. The average molecular weight is 97.1 g/mol. The lowest BCUT2D eigenvalue weighted by Gasteiger charge is -2.10. The molecule has 0 unspecified atom stereocenters. The van der Waals surface area contributed by atoms with Crippen LogP contribution in [0.5, 0.6) is 0 Å². The Hall–Kier alpha value is -0.480. The molecule has 39 valence electrons. The van der Waals surface area contributed by atoms with E-state index in [1.807, 2.05) is 0 Å². The third kappa shape index (κ3) is 5.52.